The van der Waals surface area contributed by atoms with Gasteiger partial charge >= 0.3 is 19.8 Å². The number of hydrogen-bond donors (Lipinski definition) is 3. The Kier molecular flexibility index (Phi) is 34.8. The number of esters is 2. The van der Waals surface area contributed by atoms with Gasteiger partial charge in [-0.05, 0) is 77.0 Å². The number of phosphoric acid groups is 1. The van der Waals surface area contributed by atoms with Gasteiger partial charge in [-0.2, -0.15) is 0 Å². The van der Waals surface area contributed by atoms with Gasteiger partial charge in [0.05, 0.1) is 19.8 Å². The van der Waals surface area contributed by atoms with E-state index in [0.717, 1.165) is 70.6 Å². The number of aliphatic hydroxyl groups is 2. The van der Waals surface area contributed by atoms with Crippen LogP contribution in [0.4, 0.5) is 0 Å². The van der Waals surface area contributed by atoms with Crippen LogP contribution in [0.5, 0.6) is 0 Å². The van der Waals surface area contributed by atoms with E-state index in [2.05, 4.69) is 67.0 Å². The molecule has 10 nitrogen and oxygen atoms in total. The number of carbonyl (C=O) groups is 2. The van der Waals surface area contributed by atoms with E-state index < -0.39 is 51.8 Å². The lowest BCUT2D eigenvalue weighted by Crippen LogP contribution is -2.29. The van der Waals surface area contributed by atoms with Gasteiger partial charge in [-0.15, -0.1) is 0 Å². The zero-order chi connectivity index (χ0) is 37.7. The number of aliphatic hydroxyl groups excluding tert-OH is 2. The summed E-state index contributed by atoms with van der Waals surface area (Å²) in [7, 11) is -4.62. The number of rotatable bonds is 36. The van der Waals surface area contributed by atoms with Gasteiger partial charge in [-0.1, -0.05) is 114 Å². The Hall–Kier alpha value is -2.07. The minimum absolute atomic E-state index is 0.132. The van der Waals surface area contributed by atoms with Crippen molar-refractivity contribution in [3.8, 4) is 0 Å². The van der Waals surface area contributed by atoms with E-state index in [1.54, 1.807) is 0 Å². The Morgan fingerprint density at radius 2 is 1.02 bits per heavy atom. The van der Waals surface area contributed by atoms with E-state index in [-0.39, 0.29) is 19.4 Å². The largest absolute Gasteiger partial charge is 0.472 e. The average Bonchev–Trinajstić information content (AvgIpc) is 3.12. The van der Waals surface area contributed by atoms with Crippen molar-refractivity contribution in [3.63, 3.8) is 0 Å². The summed E-state index contributed by atoms with van der Waals surface area (Å²) in [4.78, 5) is 34.8. The Morgan fingerprint density at radius 1 is 0.588 bits per heavy atom. The first kappa shape index (κ1) is 48.9. The molecule has 11 heteroatoms. The molecule has 0 aliphatic heterocycles. The molecular formula is C40H71O10P. The number of allylic oxidation sites excluding steroid dienone is 8. The molecule has 0 aliphatic carbocycles. The molecule has 51 heavy (non-hydrogen) atoms. The SMILES string of the molecule is CCCCCC=CCC=CCC=CCCCCC(=O)O[C@H](COC(=O)CCCCCCCC=CCCCCCC)COP(=O)(O)OC[C@@H](O)CO. The Balaban J connectivity index is 4.46. The van der Waals surface area contributed by atoms with Gasteiger partial charge in [0.2, 0.25) is 0 Å². The molecule has 3 atom stereocenters. The predicted molar refractivity (Wildman–Crippen MR) is 205 cm³/mol. The van der Waals surface area contributed by atoms with Crippen molar-refractivity contribution in [1.29, 1.82) is 0 Å². The molecule has 0 saturated heterocycles. The van der Waals surface area contributed by atoms with E-state index in [1.165, 1.54) is 44.9 Å². The highest BCUT2D eigenvalue weighted by atomic mass is 31.2. The highest BCUT2D eigenvalue weighted by Gasteiger charge is 2.27. The van der Waals surface area contributed by atoms with Crippen LogP contribution >= 0.6 is 7.82 Å². The maximum atomic E-state index is 12.5. The van der Waals surface area contributed by atoms with Crippen molar-refractivity contribution in [1.82, 2.24) is 0 Å². The van der Waals surface area contributed by atoms with E-state index in [1.807, 2.05) is 0 Å². The third-order valence-corrected chi connectivity index (χ3v) is 8.91. The summed E-state index contributed by atoms with van der Waals surface area (Å²) in [6.07, 6.45) is 36.5. The topological polar surface area (TPSA) is 149 Å². The summed E-state index contributed by atoms with van der Waals surface area (Å²) in [5.74, 6) is -0.984. The Labute approximate surface area is 309 Å². The second-order valence-corrected chi connectivity index (χ2v) is 14.4. The molecule has 0 rings (SSSR count). The number of ether oxygens (including phenoxy) is 2. The second kappa shape index (κ2) is 36.3. The maximum absolute atomic E-state index is 12.5. The van der Waals surface area contributed by atoms with Gasteiger partial charge < -0.3 is 24.6 Å². The van der Waals surface area contributed by atoms with Crippen molar-refractivity contribution in [2.24, 2.45) is 0 Å². The van der Waals surface area contributed by atoms with Crippen LogP contribution in [0, 0.1) is 0 Å². The van der Waals surface area contributed by atoms with Crippen molar-refractivity contribution >= 4 is 19.8 Å². The van der Waals surface area contributed by atoms with Crippen LogP contribution in [0.15, 0.2) is 48.6 Å². The van der Waals surface area contributed by atoms with Crippen LogP contribution in [0.1, 0.15) is 155 Å². The number of phosphoric ester groups is 1. The normalized spacial score (nSPS) is 14.5. The zero-order valence-electron chi connectivity index (χ0n) is 31.8. The summed E-state index contributed by atoms with van der Waals surface area (Å²) in [6.45, 7) is 2.26. The number of carbonyl (C=O) groups excluding carboxylic acids is 2. The van der Waals surface area contributed by atoms with Gasteiger partial charge in [0.25, 0.3) is 0 Å². The molecule has 0 aromatic carbocycles. The molecule has 0 amide bonds. The van der Waals surface area contributed by atoms with E-state index in [4.69, 9.17) is 19.1 Å². The smallest absolute Gasteiger partial charge is 0.462 e. The summed E-state index contributed by atoms with van der Waals surface area (Å²) in [5.41, 5.74) is 0. The van der Waals surface area contributed by atoms with Gasteiger partial charge in [0.15, 0.2) is 6.10 Å². The van der Waals surface area contributed by atoms with E-state index in [0.29, 0.717) is 12.8 Å². The minimum atomic E-state index is -4.62. The molecule has 296 valence electrons. The first-order valence-electron chi connectivity index (χ1n) is 19.6. The highest BCUT2D eigenvalue weighted by molar-refractivity contribution is 7.47. The maximum Gasteiger partial charge on any atom is 0.472 e. The molecule has 0 spiro atoms. The summed E-state index contributed by atoms with van der Waals surface area (Å²) in [6, 6.07) is 0. The molecule has 0 fully saturated rings. The lowest BCUT2D eigenvalue weighted by atomic mass is 10.1. The van der Waals surface area contributed by atoms with Gasteiger partial charge in [-0.3, -0.25) is 18.6 Å². The number of hydrogen-bond acceptors (Lipinski definition) is 9. The fourth-order valence-electron chi connectivity index (χ4n) is 4.87. The third-order valence-electron chi connectivity index (χ3n) is 7.96. The van der Waals surface area contributed by atoms with Crippen molar-refractivity contribution < 1.29 is 47.8 Å². The average molecular weight is 743 g/mol. The van der Waals surface area contributed by atoms with Crippen molar-refractivity contribution in [2.45, 2.75) is 167 Å². The van der Waals surface area contributed by atoms with Gasteiger partial charge in [-0.25, -0.2) is 4.57 Å². The van der Waals surface area contributed by atoms with E-state index >= 15 is 0 Å². The minimum Gasteiger partial charge on any atom is -0.462 e. The molecule has 0 aliphatic rings. The lowest BCUT2D eigenvalue weighted by molar-refractivity contribution is -0.161. The zero-order valence-corrected chi connectivity index (χ0v) is 32.7. The molecule has 0 heterocycles. The monoisotopic (exact) mass is 742 g/mol. The second-order valence-electron chi connectivity index (χ2n) is 12.9. The van der Waals surface area contributed by atoms with Crippen molar-refractivity contribution in [2.75, 3.05) is 26.4 Å². The van der Waals surface area contributed by atoms with Crippen LogP contribution in [-0.2, 0) is 32.7 Å². The van der Waals surface area contributed by atoms with E-state index in [9.17, 15) is 24.2 Å². The standard InChI is InChI=1S/C40H71O10P/c1-3-5-7-9-11-13-15-17-18-20-22-24-26-28-30-32-40(44)50-38(36-49-51(45,46)48-34-37(42)33-41)35-47-39(43)31-29-27-25-23-21-19-16-14-12-10-8-6-4-2/h11,13-14,16-18,22,24,37-38,41-42H,3-10,12,15,19-21,23,25-36H2,1-2H3,(H,45,46)/t37-,38+/m0/s1. The van der Waals surface area contributed by atoms with Crippen LogP contribution < -0.4 is 0 Å². The summed E-state index contributed by atoms with van der Waals surface area (Å²) < 4.78 is 32.5. The molecule has 0 saturated carbocycles. The van der Waals surface area contributed by atoms with Crippen LogP contribution in [0.3, 0.4) is 0 Å². The molecule has 0 radical (unpaired) electrons. The lowest BCUT2D eigenvalue weighted by Gasteiger charge is -2.20. The Morgan fingerprint density at radius 3 is 1.63 bits per heavy atom. The molecule has 0 aromatic rings. The fraction of sp³-hybridized carbons (Fsp3) is 0.750. The van der Waals surface area contributed by atoms with Gasteiger partial charge in [0.1, 0.15) is 12.7 Å². The first-order valence-corrected chi connectivity index (χ1v) is 21.1. The van der Waals surface area contributed by atoms with Crippen LogP contribution in [0.2, 0.25) is 0 Å². The van der Waals surface area contributed by atoms with Gasteiger partial charge in [0, 0.05) is 12.8 Å². The van der Waals surface area contributed by atoms with Crippen molar-refractivity contribution in [3.05, 3.63) is 48.6 Å². The third kappa shape index (κ3) is 36.1. The molecule has 3 N–H and O–H groups in total. The highest BCUT2D eigenvalue weighted by Crippen LogP contribution is 2.43. The molecule has 0 aromatic heterocycles. The molecule has 1 unspecified atom stereocenters. The predicted octanol–water partition coefficient (Wildman–Crippen LogP) is 9.77. The molecule has 0 bridgehead atoms. The summed E-state index contributed by atoms with van der Waals surface area (Å²) >= 11 is 0. The summed E-state index contributed by atoms with van der Waals surface area (Å²) in [5, 5.41) is 18.3. The fourth-order valence-corrected chi connectivity index (χ4v) is 5.66. The van der Waals surface area contributed by atoms with Crippen LogP contribution in [0.25, 0.3) is 0 Å². The number of unbranched alkanes of at least 4 members (excludes halogenated alkanes) is 14. The molecular weight excluding hydrogens is 671 g/mol. The van der Waals surface area contributed by atoms with Crippen LogP contribution in [-0.4, -0.2) is 65.7 Å². The quantitative estimate of drug-likeness (QED) is 0.0245. The Bertz CT molecular complexity index is 994. The first-order chi connectivity index (χ1) is 24.7.